The van der Waals surface area contributed by atoms with Crippen LogP contribution in [0.2, 0.25) is 0 Å². The van der Waals surface area contributed by atoms with E-state index in [1.165, 1.54) is 17.2 Å². The highest BCUT2D eigenvalue weighted by Gasteiger charge is 2.42. The van der Waals surface area contributed by atoms with E-state index in [2.05, 4.69) is 5.32 Å². The van der Waals surface area contributed by atoms with Crippen LogP contribution in [0, 0.1) is 0 Å². The Balaban J connectivity index is 1.54. The van der Waals surface area contributed by atoms with Crippen LogP contribution in [0.5, 0.6) is 0 Å². The topological polar surface area (TPSA) is 82.9 Å². The van der Waals surface area contributed by atoms with Crippen LogP contribution in [0.1, 0.15) is 5.76 Å². The number of urea groups is 1. The molecule has 2 aliphatic rings. The van der Waals surface area contributed by atoms with Gasteiger partial charge in [0, 0.05) is 19.2 Å². The quantitative estimate of drug-likeness (QED) is 0.624. The van der Waals surface area contributed by atoms with Crippen molar-refractivity contribution in [3.8, 4) is 0 Å². The lowest BCUT2D eigenvalue weighted by Gasteiger charge is -2.41. The third-order valence-electron chi connectivity index (χ3n) is 3.35. The summed E-state index contributed by atoms with van der Waals surface area (Å²) in [6, 6.07) is 2.89. The summed E-state index contributed by atoms with van der Waals surface area (Å²) in [6.07, 6.45) is 4.53. The molecule has 3 rings (SSSR count). The van der Waals surface area contributed by atoms with Gasteiger partial charge in [-0.1, -0.05) is 0 Å². The Kier molecular flexibility index (Phi) is 3.02. The largest absolute Gasteiger partial charge is 0.465 e. The van der Waals surface area contributed by atoms with Crippen molar-refractivity contribution in [1.29, 1.82) is 0 Å². The molecule has 2 fully saturated rings. The molecule has 1 N–H and O–H groups in total. The van der Waals surface area contributed by atoms with Crippen molar-refractivity contribution in [1.82, 2.24) is 15.1 Å². The minimum absolute atomic E-state index is 0.0433. The second-order valence-electron chi connectivity index (χ2n) is 4.67. The van der Waals surface area contributed by atoms with Gasteiger partial charge in [-0.25, -0.2) is 4.79 Å². The van der Waals surface area contributed by atoms with Gasteiger partial charge in [-0.05, 0) is 18.2 Å². The van der Waals surface area contributed by atoms with Gasteiger partial charge in [-0.15, -0.1) is 0 Å². The maximum Gasteiger partial charge on any atom is 0.324 e. The molecule has 7 nitrogen and oxygen atoms in total. The number of nitrogens with one attached hydrogen (secondary N) is 1. The van der Waals surface area contributed by atoms with E-state index in [9.17, 15) is 14.4 Å². The molecule has 7 heteroatoms. The minimum atomic E-state index is -0.377. The van der Waals surface area contributed by atoms with Crippen LogP contribution in [0.3, 0.4) is 0 Å². The second kappa shape index (κ2) is 4.84. The van der Waals surface area contributed by atoms with E-state index in [0.717, 1.165) is 0 Å². The second-order valence-corrected chi connectivity index (χ2v) is 4.67. The van der Waals surface area contributed by atoms with Crippen molar-refractivity contribution >= 4 is 23.9 Å². The lowest BCUT2D eigenvalue weighted by Crippen LogP contribution is -2.62. The van der Waals surface area contributed by atoms with E-state index in [1.807, 2.05) is 0 Å². The standard InChI is InChI=1S/C13H13N3O4/c17-11(4-3-10-2-1-5-20-10)15-7-9(8-15)16-12(18)6-14-13(16)19/h1-5,9H,6-8H2,(H,14,19)/b4-3+. The Morgan fingerprint density at radius 3 is 2.80 bits per heavy atom. The smallest absolute Gasteiger partial charge is 0.324 e. The summed E-state index contributed by atoms with van der Waals surface area (Å²) in [5, 5.41) is 2.46. The van der Waals surface area contributed by atoms with Crippen LogP contribution in [-0.4, -0.2) is 53.3 Å². The van der Waals surface area contributed by atoms with Crippen molar-refractivity contribution < 1.29 is 18.8 Å². The van der Waals surface area contributed by atoms with Gasteiger partial charge in [0.15, 0.2) is 0 Å². The molecule has 20 heavy (non-hydrogen) atoms. The predicted octanol–water partition coefficient (Wildman–Crippen LogP) is 0.0554. The van der Waals surface area contributed by atoms with E-state index >= 15 is 0 Å². The van der Waals surface area contributed by atoms with Crippen molar-refractivity contribution in [2.75, 3.05) is 19.6 Å². The van der Waals surface area contributed by atoms with Crippen molar-refractivity contribution in [2.45, 2.75) is 6.04 Å². The van der Waals surface area contributed by atoms with E-state index in [-0.39, 0.29) is 30.4 Å². The summed E-state index contributed by atoms with van der Waals surface area (Å²) in [5.41, 5.74) is 0. The van der Waals surface area contributed by atoms with Gasteiger partial charge >= 0.3 is 6.03 Å². The SMILES string of the molecule is O=C(/C=C/c1ccco1)N1CC(N2C(=O)CNC2=O)C1. The first-order valence-corrected chi connectivity index (χ1v) is 6.25. The first-order chi connectivity index (χ1) is 9.65. The number of likely N-dealkylation sites (tertiary alicyclic amines) is 1. The molecule has 0 unspecified atom stereocenters. The molecule has 1 aromatic heterocycles. The third kappa shape index (κ3) is 2.18. The number of carbonyl (C=O) groups excluding carboxylic acids is 3. The number of imide groups is 1. The Labute approximate surface area is 114 Å². The molecule has 3 heterocycles. The van der Waals surface area contributed by atoms with E-state index < -0.39 is 0 Å². The molecule has 0 atom stereocenters. The summed E-state index contributed by atoms with van der Waals surface area (Å²) in [6.45, 7) is 0.794. The van der Waals surface area contributed by atoms with Gasteiger partial charge in [-0.2, -0.15) is 0 Å². The molecular weight excluding hydrogens is 262 g/mol. The molecular formula is C13H13N3O4. The molecule has 0 bridgehead atoms. The number of nitrogens with zero attached hydrogens (tertiary/aromatic N) is 2. The first kappa shape index (κ1) is 12.5. The third-order valence-corrected chi connectivity index (χ3v) is 3.35. The average molecular weight is 275 g/mol. The van der Waals surface area contributed by atoms with Crippen LogP contribution < -0.4 is 5.32 Å². The molecule has 4 amide bonds. The van der Waals surface area contributed by atoms with E-state index in [0.29, 0.717) is 18.8 Å². The maximum absolute atomic E-state index is 11.8. The molecule has 1 aromatic rings. The number of hydrogen-bond acceptors (Lipinski definition) is 4. The Hall–Kier alpha value is -2.57. The molecule has 0 radical (unpaired) electrons. The average Bonchev–Trinajstić information content (AvgIpc) is 2.99. The minimum Gasteiger partial charge on any atom is -0.465 e. The zero-order chi connectivity index (χ0) is 14.1. The monoisotopic (exact) mass is 275 g/mol. The highest BCUT2D eigenvalue weighted by Crippen LogP contribution is 2.18. The van der Waals surface area contributed by atoms with Crippen molar-refractivity contribution in [3.05, 3.63) is 30.2 Å². The summed E-state index contributed by atoms with van der Waals surface area (Å²) >= 11 is 0. The molecule has 0 spiro atoms. The fourth-order valence-electron chi connectivity index (χ4n) is 2.25. The Morgan fingerprint density at radius 1 is 1.40 bits per heavy atom. The lowest BCUT2D eigenvalue weighted by atomic mass is 10.1. The van der Waals surface area contributed by atoms with Gasteiger partial charge in [0.25, 0.3) is 0 Å². The fraction of sp³-hybridized carbons (Fsp3) is 0.308. The Morgan fingerprint density at radius 2 is 2.20 bits per heavy atom. The zero-order valence-electron chi connectivity index (χ0n) is 10.6. The summed E-state index contributed by atoms with van der Waals surface area (Å²) in [7, 11) is 0. The van der Waals surface area contributed by atoms with Crippen molar-refractivity contribution in [3.63, 3.8) is 0 Å². The molecule has 104 valence electrons. The molecule has 2 aliphatic heterocycles. The van der Waals surface area contributed by atoms with Gasteiger partial charge < -0.3 is 14.6 Å². The summed E-state index contributed by atoms with van der Waals surface area (Å²) in [4.78, 5) is 37.5. The molecule has 2 saturated heterocycles. The van der Waals surface area contributed by atoms with Gasteiger partial charge in [-0.3, -0.25) is 14.5 Å². The van der Waals surface area contributed by atoms with E-state index in [4.69, 9.17) is 4.42 Å². The van der Waals surface area contributed by atoms with Gasteiger partial charge in [0.05, 0.1) is 18.8 Å². The summed E-state index contributed by atoms with van der Waals surface area (Å²) < 4.78 is 5.08. The number of hydrogen-bond donors (Lipinski definition) is 1. The van der Waals surface area contributed by atoms with Crippen LogP contribution in [0.4, 0.5) is 4.79 Å². The maximum atomic E-state index is 11.8. The predicted molar refractivity (Wildman–Crippen MR) is 68.4 cm³/mol. The first-order valence-electron chi connectivity index (χ1n) is 6.25. The number of carbonyl (C=O) groups is 3. The Bertz CT molecular complexity index is 556. The van der Waals surface area contributed by atoms with Gasteiger partial charge in [0.1, 0.15) is 5.76 Å². The highest BCUT2D eigenvalue weighted by molar-refractivity contribution is 6.02. The normalized spacial score (nSPS) is 19.6. The number of amides is 4. The highest BCUT2D eigenvalue weighted by atomic mass is 16.3. The van der Waals surface area contributed by atoms with Crippen LogP contribution >= 0.6 is 0 Å². The van der Waals surface area contributed by atoms with Crippen molar-refractivity contribution in [2.24, 2.45) is 0 Å². The van der Waals surface area contributed by atoms with Crippen LogP contribution in [0.25, 0.3) is 6.08 Å². The molecule has 0 aromatic carbocycles. The number of furan rings is 1. The molecule has 0 saturated carbocycles. The zero-order valence-corrected chi connectivity index (χ0v) is 10.6. The van der Waals surface area contributed by atoms with Gasteiger partial charge in [0.2, 0.25) is 11.8 Å². The van der Waals surface area contributed by atoms with E-state index in [1.54, 1.807) is 23.1 Å². The van der Waals surface area contributed by atoms with Crippen LogP contribution in [-0.2, 0) is 9.59 Å². The molecule has 0 aliphatic carbocycles. The number of rotatable bonds is 3. The summed E-state index contributed by atoms with van der Waals surface area (Å²) in [5.74, 6) is 0.201. The fourth-order valence-corrected chi connectivity index (χ4v) is 2.25. The lowest BCUT2D eigenvalue weighted by molar-refractivity contribution is -0.138. The van der Waals surface area contributed by atoms with Crippen LogP contribution in [0.15, 0.2) is 28.9 Å².